The van der Waals surface area contributed by atoms with Gasteiger partial charge in [-0.2, -0.15) is 0 Å². The molecule has 0 bridgehead atoms. The lowest BCUT2D eigenvalue weighted by Gasteiger charge is -2.24. The van der Waals surface area contributed by atoms with E-state index in [0.29, 0.717) is 5.88 Å². The van der Waals surface area contributed by atoms with Gasteiger partial charge in [0.05, 0.1) is 5.25 Å². The topological polar surface area (TPSA) is 37.4 Å². The highest BCUT2D eigenvalue weighted by molar-refractivity contribution is 7.89. The van der Waals surface area contributed by atoms with E-state index in [0.717, 1.165) is 0 Å². The van der Waals surface area contributed by atoms with Crippen LogP contribution in [0.2, 0.25) is 0 Å². The molecule has 1 unspecified atom stereocenters. The number of sulfonamides is 1. The molecule has 74 valence electrons. The quantitative estimate of drug-likeness (QED) is 0.660. The maximum atomic E-state index is 11.5. The van der Waals surface area contributed by atoms with Crippen LogP contribution in [-0.4, -0.2) is 36.9 Å². The summed E-state index contributed by atoms with van der Waals surface area (Å²) in [6, 6.07) is -0.140. The van der Waals surface area contributed by atoms with Crippen molar-refractivity contribution in [2.45, 2.75) is 32.1 Å². The maximum absolute atomic E-state index is 11.5. The average molecular weight is 214 g/mol. The Morgan fingerprint density at radius 2 is 1.75 bits per heavy atom. The fourth-order valence-corrected chi connectivity index (χ4v) is 2.21. The van der Waals surface area contributed by atoms with Crippen LogP contribution in [0.4, 0.5) is 0 Å². The molecule has 3 nitrogen and oxygen atoms in total. The molecule has 0 aromatic carbocycles. The van der Waals surface area contributed by atoms with E-state index in [9.17, 15) is 8.42 Å². The van der Waals surface area contributed by atoms with Gasteiger partial charge < -0.3 is 0 Å². The van der Waals surface area contributed by atoms with Crippen LogP contribution < -0.4 is 0 Å². The van der Waals surface area contributed by atoms with Gasteiger partial charge >= 0.3 is 0 Å². The summed E-state index contributed by atoms with van der Waals surface area (Å²) >= 11 is 5.55. The molecular weight excluding hydrogens is 198 g/mol. The van der Waals surface area contributed by atoms with Crippen molar-refractivity contribution in [3.05, 3.63) is 0 Å². The Kier molecular flexibility index (Phi) is 4.51. The molecule has 0 aliphatic rings. The van der Waals surface area contributed by atoms with Gasteiger partial charge in [-0.15, -0.1) is 11.6 Å². The molecule has 0 aromatic rings. The number of hydrogen-bond donors (Lipinski definition) is 0. The number of alkyl halides is 1. The van der Waals surface area contributed by atoms with Gasteiger partial charge in [-0.3, -0.25) is 0 Å². The van der Waals surface area contributed by atoms with Crippen LogP contribution in [0.3, 0.4) is 0 Å². The normalized spacial score (nSPS) is 15.6. The third-order valence-corrected chi connectivity index (χ3v) is 4.64. The van der Waals surface area contributed by atoms with Gasteiger partial charge in [0.15, 0.2) is 0 Å². The van der Waals surface area contributed by atoms with E-state index < -0.39 is 10.0 Å². The minimum atomic E-state index is -3.14. The van der Waals surface area contributed by atoms with Gasteiger partial charge in [0.25, 0.3) is 0 Å². The summed E-state index contributed by atoms with van der Waals surface area (Å²) in [5, 5.41) is -0.381. The van der Waals surface area contributed by atoms with Crippen molar-refractivity contribution in [2.75, 3.05) is 12.9 Å². The van der Waals surface area contributed by atoms with Gasteiger partial charge in [0.1, 0.15) is 0 Å². The lowest BCUT2D eigenvalue weighted by Crippen LogP contribution is -2.40. The van der Waals surface area contributed by atoms with Gasteiger partial charge in [0.2, 0.25) is 10.0 Å². The third-order valence-electron chi connectivity index (χ3n) is 1.84. The summed E-state index contributed by atoms with van der Waals surface area (Å²) < 4.78 is 24.3. The van der Waals surface area contributed by atoms with Crippen LogP contribution in [0.15, 0.2) is 0 Å². The number of hydrogen-bond acceptors (Lipinski definition) is 2. The van der Waals surface area contributed by atoms with Crippen molar-refractivity contribution in [1.29, 1.82) is 0 Å². The van der Waals surface area contributed by atoms with Crippen molar-refractivity contribution in [1.82, 2.24) is 4.31 Å². The fraction of sp³-hybridized carbons (Fsp3) is 1.00. The Bertz CT molecular complexity index is 226. The average Bonchev–Trinajstić information content (AvgIpc) is 2.01. The van der Waals surface area contributed by atoms with Crippen LogP contribution in [0.5, 0.6) is 0 Å². The molecule has 0 rings (SSSR count). The molecule has 0 saturated heterocycles. The van der Waals surface area contributed by atoms with Gasteiger partial charge in [-0.1, -0.05) is 0 Å². The van der Waals surface area contributed by atoms with E-state index in [4.69, 9.17) is 11.6 Å². The van der Waals surface area contributed by atoms with E-state index in [2.05, 4.69) is 0 Å². The summed E-state index contributed by atoms with van der Waals surface area (Å²) in [5.41, 5.74) is 0. The Morgan fingerprint density at radius 3 is 2.00 bits per heavy atom. The third kappa shape index (κ3) is 2.61. The molecule has 0 heterocycles. The molecule has 1 atom stereocenters. The van der Waals surface area contributed by atoms with E-state index in [1.54, 1.807) is 27.8 Å². The summed E-state index contributed by atoms with van der Waals surface area (Å²) in [6.45, 7) is 5.10. The van der Waals surface area contributed by atoms with Crippen molar-refractivity contribution < 1.29 is 8.42 Å². The second-order valence-corrected chi connectivity index (χ2v) is 5.97. The first-order valence-electron chi connectivity index (χ1n) is 3.86. The lowest BCUT2D eigenvalue weighted by atomic mass is 10.4. The molecule has 5 heteroatoms. The summed E-state index contributed by atoms with van der Waals surface area (Å²) in [7, 11) is -1.58. The van der Waals surface area contributed by atoms with Gasteiger partial charge in [0, 0.05) is 19.0 Å². The minimum absolute atomic E-state index is 0.140. The molecule has 0 amide bonds. The predicted molar refractivity (Wildman–Crippen MR) is 52.0 cm³/mol. The first-order chi connectivity index (χ1) is 5.34. The zero-order chi connectivity index (χ0) is 9.94. The first-order valence-corrected chi connectivity index (χ1v) is 5.90. The Balaban J connectivity index is 4.58. The van der Waals surface area contributed by atoms with E-state index in [1.165, 1.54) is 4.31 Å². The van der Waals surface area contributed by atoms with E-state index >= 15 is 0 Å². The second kappa shape index (κ2) is 4.44. The summed E-state index contributed by atoms with van der Waals surface area (Å²) in [5.74, 6) is 0.322. The van der Waals surface area contributed by atoms with Gasteiger partial charge in [-0.05, 0) is 20.8 Å². The van der Waals surface area contributed by atoms with Crippen molar-refractivity contribution in [3.63, 3.8) is 0 Å². The summed E-state index contributed by atoms with van der Waals surface area (Å²) in [4.78, 5) is 0. The smallest absolute Gasteiger partial charge is 0.212 e. The second-order valence-electron chi connectivity index (χ2n) is 3.11. The largest absolute Gasteiger partial charge is 0.216 e. The van der Waals surface area contributed by atoms with Crippen molar-refractivity contribution in [3.8, 4) is 0 Å². The molecule has 0 fully saturated rings. The van der Waals surface area contributed by atoms with Gasteiger partial charge in [-0.25, -0.2) is 12.7 Å². The summed E-state index contributed by atoms with van der Waals surface area (Å²) in [6.07, 6.45) is 0. The molecule has 0 aromatic heterocycles. The van der Waals surface area contributed by atoms with Crippen molar-refractivity contribution in [2.24, 2.45) is 0 Å². The van der Waals surface area contributed by atoms with E-state index in [-0.39, 0.29) is 11.3 Å². The Morgan fingerprint density at radius 1 is 1.33 bits per heavy atom. The molecule has 0 radical (unpaired) electrons. The van der Waals surface area contributed by atoms with E-state index in [1.807, 2.05) is 0 Å². The number of nitrogens with zero attached hydrogens (tertiary/aromatic N) is 1. The molecule has 0 spiro atoms. The van der Waals surface area contributed by atoms with Crippen molar-refractivity contribution >= 4 is 21.6 Å². The molecule has 0 N–H and O–H groups in total. The Labute approximate surface area is 79.8 Å². The van der Waals surface area contributed by atoms with Crippen LogP contribution in [0.1, 0.15) is 20.8 Å². The molecule has 0 saturated carbocycles. The fourth-order valence-electron chi connectivity index (χ4n) is 0.681. The van der Waals surface area contributed by atoms with Crippen LogP contribution in [0.25, 0.3) is 0 Å². The molecular formula is C7H16ClNO2S. The zero-order valence-electron chi connectivity index (χ0n) is 7.91. The van der Waals surface area contributed by atoms with Crippen LogP contribution >= 0.6 is 11.6 Å². The van der Waals surface area contributed by atoms with Crippen LogP contribution in [-0.2, 0) is 10.0 Å². The highest BCUT2D eigenvalue weighted by Crippen LogP contribution is 2.10. The molecule has 0 aliphatic heterocycles. The first kappa shape index (κ1) is 12.2. The van der Waals surface area contributed by atoms with Crippen LogP contribution in [0, 0.1) is 0 Å². The predicted octanol–water partition coefficient (Wildman–Crippen LogP) is 1.28. The highest BCUT2D eigenvalue weighted by atomic mass is 35.5. The zero-order valence-corrected chi connectivity index (χ0v) is 9.48. The number of halogens is 1. The minimum Gasteiger partial charge on any atom is -0.212 e. The number of rotatable bonds is 4. The lowest BCUT2D eigenvalue weighted by molar-refractivity contribution is 0.408. The SMILES string of the molecule is CC(CCl)N(C)S(=O)(=O)C(C)C. The molecule has 0 aliphatic carbocycles. The monoisotopic (exact) mass is 213 g/mol. The molecule has 12 heavy (non-hydrogen) atoms. The standard InChI is InChI=1S/C7H16ClNO2S/c1-6(2)12(10,11)9(4)7(3)5-8/h6-7H,5H2,1-4H3. The highest BCUT2D eigenvalue weighted by Gasteiger charge is 2.25. The maximum Gasteiger partial charge on any atom is 0.216 e. The Hall–Kier alpha value is 0.200.